The highest BCUT2D eigenvalue weighted by molar-refractivity contribution is 6.37. The highest BCUT2D eigenvalue weighted by Crippen LogP contribution is 2.41. The number of ether oxygens (including phenoxy) is 3. The summed E-state index contributed by atoms with van der Waals surface area (Å²) in [6.45, 7) is 6.36. The van der Waals surface area contributed by atoms with Crippen LogP contribution in [0.2, 0.25) is 10.0 Å². The van der Waals surface area contributed by atoms with Gasteiger partial charge in [0.2, 0.25) is 0 Å². The number of halogens is 2. The van der Waals surface area contributed by atoms with Crippen LogP contribution in [0.25, 0.3) is 0 Å². The fraction of sp³-hybridized carbons (Fsp3) is 0.276. The number of hydrogen-bond acceptors (Lipinski definition) is 6. The quantitative estimate of drug-likeness (QED) is 0.244. The van der Waals surface area contributed by atoms with Gasteiger partial charge in [-0.15, -0.1) is 0 Å². The largest absolute Gasteiger partial charge is 0.496 e. The third-order valence-electron chi connectivity index (χ3n) is 5.83. The average molecular weight is 573 g/mol. The SMILES string of the molecule is CCOC(=O)CN(C(=O)c1ccccc1)c1cc(Cl)c(Oc2ccc(OC)c(C(=O)N(CC)CC)c2)c(Cl)c1. The fourth-order valence-corrected chi connectivity index (χ4v) is 4.42. The Balaban J connectivity index is 1.97. The first-order chi connectivity index (χ1) is 18.7. The second kappa shape index (κ2) is 13.9. The number of benzene rings is 3. The minimum atomic E-state index is -0.585. The van der Waals surface area contributed by atoms with Crippen molar-refractivity contribution >= 4 is 46.7 Å². The third-order valence-corrected chi connectivity index (χ3v) is 6.39. The van der Waals surface area contributed by atoms with Gasteiger partial charge in [0.15, 0.2) is 5.75 Å². The second-order valence-electron chi connectivity index (χ2n) is 8.24. The van der Waals surface area contributed by atoms with E-state index in [0.717, 1.165) is 0 Å². The Morgan fingerprint density at radius 3 is 2.05 bits per heavy atom. The van der Waals surface area contributed by atoms with Crippen LogP contribution in [0.4, 0.5) is 5.69 Å². The molecule has 0 unspecified atom stereocenters. The second-order valence-corrected chi connectivity index (χ2v) is 9.06. The number of esters is 1. The molecule has 0 saturated heterocycles. The van der Waals surface area contributed by atoms with Crippen molar-refractivity contribution in [1.82, 2.24) is 4.90 Å². The Morgan fingerprint density at radius 1 is 0.846 bits per heavy atom. The molecule has 0 N–H and O–H groups in total. The molecule has 3 aromatic rings. The number of methoxy groups -OCH3 is 1. The van der Waals surface area contributed by atoms with Crippen LogP contribution in [-0.2, 0) is 9.53 Å². The summed E-state index contributed by atoms with van der Waals surface area (Å²) in [5, 5.41) is 0.194. The number of anilines is 1. The first kappa shape index (κ1) is 29.8. The first-order valence-corrected chi connectivity index (χ1v) is 13.2. The number of hydrogen-bond donors (Lipinski definition) is 0. The monoisotopic (exact) mass is 572 g/mol. The lowest BCUT2D eigenvalue weighted by atomic mass is 10.1. The molecule has 0 aliphatic heterocycles. The van der Waals surface area contributed by atoms with Gasteiger partial charge in [-0.3, -0.25) is 19.3 Å². The third kappa shape index (κ3) is 7.22. The van der Waals surface area contributed by atoms with Gasteiger partial charge in [0.1, 0.15) is 18.0 Å². The number of carbonyl (C=O) groups excluding carboxylic acids is 3. The van der Waals surface area contributed by atoms with Gasteiger partial charge >= 0.3 is 5.97 Å². The van der Waals surface area contributed by atoms with Gasteiger partial charge in [-0.05, 0) is 63.2 Å². The van der Waals surface area contributed by atoms with E-state index >= 15 is 0 Å². The molecule has 8 nitrogen and oxygen atoms in total. The zero-order valence-electron chi connectivity index (χ0n) is 22.2. The van der Waals surface area contributed by atoms with E-state index in [1.54, 1.807) is 60.4 Å². The Hall–Kier alpha value is -3.75. The summed E-state index contributed by atoms with van der Waals surface area (Å²) in [6, 6.07) is 16.3. The van der Waals surface area contributed by atoms with Gasteiger partial charge in [0.25, 0.3) is 11.8 Å². The number of nitrogens with zero attached hydrogens (tertiary/aromatic N) is 2. The van der Waals surface area contributed by atoms with Crippen molar-refractivity contribution in [1.29, 1.82) is 0 Å². The summed E-state index contributed by atoms with van der Waals surface area (Å²) in [7, 11) is 1.49. The molecular formula is C29H30Cl2N2O6. The predicted molar refractivity (Wildman–Crippen MR) is 152 cm³/mol. The molecule has 10 heteroatoms. The number of rotatable bonds is 11. The molecule has 0 aromatic heterocycles. The molecule has 0 bridgehead atoms. The molecule has 39 heavy (non-hydrogen) atoms. The Labute approximate surface area is 238 Å². The van der Waals surface area contributed by atoms with Crippen LogP contribution >= 0.6 is 23.2 Å². The molecule has 0 atom stereocenters. The lowest BCUT2D eigenvalue weighted by Crippen LogP contribution is -2.36. The van der Waals surface area contributed by atoms with E-state index < -0.39 is 11.9 Å². The smallest absolute Gasteiger partial charge is 0.326 e. The fourth-order valence-electron chi connectivity index (χ4n) is 3.87. The molecule has 0 heterocycles. The maximum atomic E-state index is 13.3. The summed E-state index contributed by atoms with van der Waals surface area (Å²) in [6.07, 6.45) is 0. The van der Waals surface area contributed by atoms with Crippen molar-refractivity contribution < 1.29 is 28.6 Å². The summed E-state index contributed by atoms with van der Waals surface area (Å²) < 4.78 is 16.4. The molecule has 2 amide bonds. The van der Waals surface area contributed by atoms with Crippen molar-refractivity contribution in [3.63, 3.8) is 0 Å². The van der Waals surface area contributed by atoms with Gasteiger partial charge in [-0.25, -0.2) is 0 Å². The van der Waals surface area contributed by atoms with Crippen molar-refractivity contribution in [2.75, 3.05) is 38.3 Å². The van der Waals surface area contributed by atoms with Crippen LogP contribution in [0.1, 0.15) is 41.5 Å². The van der Waals surface area contributed by atoms with Gasteiger partial charge in [-0.1, -0.05) is 41.4 Å². The van der Waals surface area contributed by atoms with Crippen molar-refractivity contribution in [3.05, 3.63) is 81.8 Å². The van der Waals surface area contributed by atoms with Crippen LogP contribution < -0.4 is 14.4 Å². The van der Waals surface area contributed by atoms with Crippen LogP contribution in [0.3, 0.4) is 0 Å². The number of amides is 2. The van der Waals surface area contributed by atoms with E-state index in [1.165, 1.54) is 24.1 Å². The molecular weight excluding hydrogens is 543 g/mol. The first-order valence-electron chi connectivity index (χ1n) is 12.4. The van der Waals surface area contributed by atoms with E-state index in [1.807, 2.05) is 13.8 Å². The molecule has 0 saturated carbocycles. The van der Waals surface area contributed by atoms with Gasteiger partial charge in [0.05, 0.1) is 29.3 Å². The van der Waals surface area contributed by atoms with Crippen molar-refractivity contribution in [3.8, 4) is 17.2 Å². The summed E-state index contributed by atoms with van der Waals surface area (Å²) in [4.78, 5) is 41.6. The Bertz CT molecular complexity index is 1310. The van der Waals surface area contributed by atoms with E-state index in [2.05, 4.69) is 0 Å². The van der Waals surface area contributed by atoms with E-state index in [9.17, 15) is 14.4 Å². The Kier molecular flexibility index (Phi) is 10.6. The van der Waals surface area contributed by atoms with Crippen molar-refractivity contribution in [2.24, 2.45) is 0 Å². The lowest BCUT2D eigenvalue weighted by molar-refractivity contribution is -0.141. The lowest BCUT2D eigenvalue weighted by Gasteiger charge is -2.23. The highest BCUT2D eigenvalue weighted by Gasteiger charge is 2.24. The standard InChI is InChI=1S/C29H30Cl2N2O6/c1-5-32(6-2)29(36)22-17-21(13-14-25(22)37-4)39-27-23(30)15-20(16-24(27)31)33(18-26(34)38-7-3)28(35)19-11-9-8-10-12-19/h8-17H,5-7,18H2,1-4H3. The minimum Gasteiger partial charge on any atom is -0.496 e. The van der Waals surface area contributed by atoms with Crippen molar-refractivity contribution in [2.45, 2.75) is 20.8 Å². The van der Waals surface area contributed by atoms with Crippen LogP contribution in [0.15, 0.2) is 60.7 Å². The van der Waals surface area contributed by atoms with Crippen LogP contribution in [0, 0.1) is 0 Å². The zero-order chi connectivity index (χ0) is 28.5. The summed E-state index contributed by atoms with van der Waals surface area (Å²) in [5.74, 6) is -0.384. The highest BCUT2D eigenvalue weighted by atomic mass is 35.5. The van der Waals surface area contributed by atoms with E-state index in [0.29, 0.717) is 35.7 Å². The van der Waals surface area contributed by atoms with Gasteiger partial charge < -0.3 is 19.1 Å². The maximum absolute atomic E-state index is 13.3. The molecule has 0 fully saturated rings. The molecule has 206 valence electrons. The zero-order valence-corrected chi connectivity index (χ0v) is 23.7. The summed E-state index contributed by atoms with van der Waals surface area (Å²) >= 11 is 13.1. The molecule has 3 rings (SSSR count). The maximum Gasteiger partial charge on any atom is 0.326 e. The molecule has 0 spiro atoms. The van der Waals surface area contributed by atoms with E-state index in [-0.39, 0.29) is 40.5 Å². The van der Waals surface area contributed by atoms with E-state index in [4.69, 9.17) is 37.4 Å². The predicted octanol–water partition coefficient (Wildman–Crippen LogP) is 6.49. The number of carbonyl (C=O) groups is 3. The van der Waals surface area contributed by atoms with Gasteiger partial charge in [0, 0.05) is 24.3 Å². The molecule has 3 aromatic carbocycles. The normalized spacial score (nSPS) is 10.5. The van der Waals surface area contributed by atoms with Crippen LogP contribution in [0.5, 0.6) is 17.2 Å². The van der Waals surface area contributed by atoms with Gasteiger partial charge in [-0.2, -0.15) is 0 Å². The topological polar surface area (TPSA) is 85.4 Å². The summed E-state index contributed by atoms with van der Waals surface area (Å²) in [5.41, 5.74) is 0.987. The van der Waals surface area contributed by atoms with Crippen LogP contribution in [-0.4, -0.2) is 56.0 Å². The average Bonchev–Trinajstić information content (AvgIpc) is 2.94. The Morgan fingerprint density at radius 2 is 1.49 bits per heavy atom. The molecule has 0 aliphatic carbocycles. The molecule has 0 aliphatic rings. The minimum absolute atomic E-state index is 0.0969. The molecule has 0 radical (unpaired) electrons.